The van der Waals surface area contributed by atoms with Crippen LogP contribution in [0.5, 0.6) is 0 Å². The van der Waals surface area contributed by atoms with E-state index in [0.29, 0.717) is 5.82 Å². The molecule has 0 atom stereocenters. The number of alkyl halides is 3. The van der Waals surface area contributed by atoms with Gasteiger partial charge in [-0.15, -0.1) is 0 Å². The molecule has 128 valence electrons. The topological polar surface area (TPSA) is 67.1 Å². The van der Waals surface area contributed by atoms with E-state index < -0.39 is 11.7 Å². The van der Waals surface area contributed by atoms with Crippen LogP contribution < -0.4 is 16.0 Å². The number of nitrogens with two attached hydrogens (primary N) is 1. The summed E-state index contributed by atoms with van der Waals surface area (Å²) in [7, 11) is 0. The van der Waals surface area contributed by atoms with Crippen LogP contribution in [0.2, 0.25) is 5.02 Å². The van der Waals surface area contributed by atoms with Gasteiger partial charge in [-0.2, -0.15) is 13.2 Å². The number of nitrogens with one attached hydrogen (secondary N) is 1. The summed E-state index contributed by atoms with van der Waals surface area (Å²) in [5, 5.41) is 2.92. The molecule has 0 radical (unpaired) electrons. The molecular formula is C15H15ClF3N5. The Balaban J connectivity index is 1.93. The molecule has 5 nitrogen and oxygen atoms in total. The van der Waals surface area contributed by atoms with Gasteiger partial charge < -0.3 is 16.0 Å². The fourth-order valence-electron chi connectivity index (χ4n) is 2.59. The summed E-state index contributed by atoms with van der Waals surface area (Å²) in [6.45, 7) is 1.68. The number of hydrogen-bond acceptors (Lipinski definition) is 5. The fourth-order valence-corrected chi connectivity index (χ4v) is 2.76. The maximum absolute atomic E-state index is 12.9. The second-order valence-electron chi connectivity index (χ2n) is 5.47. The standard InChI is InChI=1S/C15H15ClF3N5/c16-10-4-3-9(15(17,18)19)7-11(10)23-13-12(20)14(22-8-21-13)24-5-1-2-6-24/h3-4,7-8H,1-2,5-6,20H2,(H,21,22,23). The van der Waals surface area contributed by atoms with E-state index in [1.54, 1.807) is 0 Å². The first-order chi connectivity index (χ1) is 11.4. The minimum atomic E-state index is -4.46. The lowest BCUT2D eigenvalue weighted by atomic mass is 10.2. The van der Waals surface area contributed by atoms with Crippen LogP contribution in [0.15, 0.2) is 24.5 Å². The number of nitrogens with zero attached hydrogens (tertiary/aromatic N) is 3. The van der Waals surface area contributed by atoms with Gasteiger partial charge in [0.15, 0.2) is 11.6 Å². The molecule has 1 aliphatic rings. The first kappa shape index (κ1) is 16.6. The molecule has 0 spiro atoms. The van der Waals surface area contributed by atoms with Crippen LogP contribution in [0.25, 0.3) is 0 Å². The van der Waals surface area contributed by atoms with E-state index in [-0.39, 0.29) is 22.2 Å². The van der Waals surface area contributed by atoms with Crippen molar-refractivity contribution in [2.75, 3.05) is 29.0 Å². The van der Waals surface area contributed by atoms with Crippen LogP contribution >= 0.6 is 11.6 Å². The molecule has 0 unspecified atom stereocenters. The summed E-state index contributed by atoms with van der Waals surface area (Å²) in [6, 6.07) is 3.04. The summed E-state index contributed by atoms with van der Waals surface area (Å²) in [5.74, 6) is 0.807. The average molecular weight is 358 g/mol. The largest absolute Gasteiger partial charge is 0.416 e. The molecule has 1 saturated heterocycles. The zero-order chi connectivity index (χ0) is 17.3. The van der Waals surface area contributed by atoms with Gasteiger partial charge in [0.25, 0.3) is 0 Å². The summed E-state index contributed by atoms with van der Waals surface area (Å²) < 4.78 is 38.6. The van der Waals surface area contributed by atoms with Gasteiger partial charge in [0.1, 0.15) is 12.0 Å². The Morgan fingerprint density at radius 1 is 1.17 bits per heavy atom. The van der Waals surface area contributed by atoms with Gasteiger partial charge in [-0.3, -0.25) is 0 Å². The van der Waals surface area contributed by atoms with Gasteiger partial charge in [-0.1, -0.05) is 11.6 Å². The van der Waals surface area contributed by atoms with Gasteiger partial charge in [0.2, 0.25) is 0 Å². The van der Waals surface area contributed by atoms with E-state index in [0.717, 1.165) is 38.1 Å². The lowest BCUT2D eigenvalue weighted by Crippen LogP contribution is -2.21. The number of hydrogen-bond donors (Lipinski definition) is 2. The van der Waals surface area contributed by atoms with Gasteiger partial charge in [-0.25, -0.2) is 9.97 Å². The predicted octanol–water partition coefficient (Wildman–Crippen LogP) is 4.07. The Bertz CT molecular complexity index is 744. The normalized spacial score (nSPS) is 14.9. The third-order valence-corrected chi connectivity index (χ3v) is 4.14. The minimum Gasteiger partial charge on any atom is -0.393 e. The van der Waals surface area contributed by atoms with E-state index >= 15 is 0 Å². The minimum absolute atomic E-state index is 0.0873. The number of aromatic nitrogens is 2. The molecule has 1 aliphatic heterocycles. The van der Waals surface area contributed by atoms with Crippen molar-refractivity contribution in [3.8, 4) is 0 Å². The summed E-state index contributed by atoms with van der Waals surface area (Å²) >= 11 is 5.99. The molecule has 0 amide bonds. The van der Waals surface area contributed by atoms with Crippen molar-refractivity contribution in [3.05, 3.63) is 35.1 Å². The van der Waals surface area contributed by atoms with Crippen LogP contribution in [-0.2, 0) is 6.18 Å². The van der Waals surface area contributed by atoms with Crippen LogP contribution in [0, 0.1) is 0 Å². The van der Waals surface area contributed by atoms with E-state index in [4.69, 9.17) is 17.3 Å². The van der Waals surface area contributed by atoms with Crippen LogP contribution in [0.3, 0.4) is 0 Å². The van der Waals surface area contributed by atoms with Crippen molar-refractivity contribution in [1.29, 1.82) is 0 Å². The number of anilines is 4. The van der Waals surface area contributed by atoms with E-state index in [9.17, 15) is 13.2 Å². The Morgan fingerprint density at radius 3 is 2.54 bits per heavy atom. The fraction of sp³-hybridized carbons (Fsp3) is 0.333. The molecule has 1 aromatic heterocycles. The molecule has 3 N–H and O–H groups in total. The van der Waals surface area contributed by atoms with Crippen molar-refractivity contribution in [3.63, 3.8) is 0 Å². The summed E-state index contributed by atoms with van der Waals surface area (Å²) in [5.41, 5.74) is 5.66. The molecule has 24 heavy (non-hydrogen) atoms. The van der Waals surface area contributed by atoms with Crippen LogP contribution in [-0.4, -0.2) is 23.1 Å². The van der Waals surface area contributed by atoms with Gasteiger partial charge in [0.05, 0.1) is 16.3 Å². The average Bonchev–Trinajstić information content (AvgIpc) is 3.04. The summed E-state index contributed by atoms with van der Waals surface area (Å²) in [6.07, 6.45) is -1.04. The smallest absolute Gasteiger partial charge is 0.393 e. The number of rotatable bonds is 3. The number of benzene rings is 1. The zero-order valence-corrected chi connectivity index (χ0v) is 13.3. The highest BCUT2D eigenvalue weighted by Crippen LogP contribution is 2.36. The second kappa shape index (κ2) is 6.35. The second-order valence-corrected chi connectivity index (χ2v) is 5.88. The molecule has 0 saturated carbocycles. The lowest BCUT2D eigenvalue weighted by molar-refractivity contribution is -0.137. The SMILES string of the molecule is Nc1c(Nc2cc(C(F)(F)F)ccc2Cl)ncnc1N1CCCC1. The molecule has 2 heterocycles. The Labute approximate surface area is 141 Å². The summed E-state index contributed by atoms with van der Waals surface area (Å²) in [4.78, 5) is 10.2. The first-order valence-electron chi connectivity index (χ1n) is 7.35. The quantitative estimate of drug-likeness (QED) is 0.866. The third-order valence-electron chi connectivity index (χ3n) is 3.82. The molecule has 3 rings (SSSR count). The Morgan fingerprint density at radius 2 is 1.88 bits per heavy atom. The first-order valence-corrected chi connectivity index (χ1v) is 7.73. The molecule has 0 aliphatic carbocycles. The predicted molar refractivity (Wildman–Crippen MR) is 87.6 cm³/mol. The van der Waals surface area contributed by atoms with Gasteiger partial charge >= 0.3 is 6.18 Å². The van der Waals surface area contributed by atoms with E-state index in [1.807, 2.05) is 4.90 Å². The van der Waals surface area contributed by atoms with Crippen molar-refractivity contribution in [2.24, 2.45) is 0 Å². The monoisotopic (exact) mass is 357 g/mol. The molecular weight excluding hydrogens is 343 g/mol. The van der Waals surface area contributed by atoms with Crippen molar-refractivity contribution >= 4 is 34.6 Å². The van der Waals surface area contributed by atoms with E-state index in [1.165, 1.54) is 12.4 Å². The van der Waals surface area contributed by atoms with Crippen LogP contribution in [0.4, 0.5) is 36.2 Å². The van der Waals surface area contributed by atoms with Crippen molar-refractivity contribution < 1.29 is 13.2 Å². The number of halogens is 4. The molecule has 0 bridgehead atoms. The molecule has 9 heteroatoms. The highest BCUT2D eigenvalue weighted by Gasteiger charge is 2.31. The highest BCUT2D eigenvalue weighted by molar-refractivity contribution is 6.33. The Kier molecular flexibility index (Phi) is 4.40. The third kappa shape index (κ3) is 3.33. The van der Waals surface area contributed by atoms with Gasteiger partial charge in [0, 0.05) is 13.1 Å². The highest BCUT2D eigenvalue weighted by atomic mass is 35.5. The Hall–Kier alpha value is -2.22. The molecule has 1 fully saturated rings. The van der Waals surface area contributed by atoms with Gasteiger partial charge in [-0.05, 0) is 31.0 Å². The molecule has 2 aromatic rings. The zero-order valence-electron chi connectivity index (χ0n) is 12.6. The molecule has 1 aromatic carbocycles. The lowest BCUT2D eigenvalue weighted by Gasteiger charge is -2.20. The number of nitrogen functional groups attached to an aromatic ring is 1. The van der Waals surface area contributed by atoms with E-state index in [2.05, 4.69) is 15.3 Å². The van der Waals surface area contributed by atoms with Crippen molar-refractivity contribution in [2.45, 2.75) is 19.0 Å². The maximum atomic E-state index is 12.9. The van der Waals surface area contributed by atoms with Crippen molar-refractivity contribution in [1.82, 2.24) is 9.97 Å². The van der Waals surface area contributed by atoms with Crippen LogP contribution in [0.1, 0.15) is 18.4 Å². The maximum Gasteiger partial charge on any atom is 0.416 e.